The maximum Gasteiger partial charge on any atom is 0.264 e. The number of halogens is 3. The van der Waals surface area contributed by atoms with Gasteiger partial charge in [0.05, 0.1) is 20.6 Å². The molecule has 0 spiro atoms. The fourth-order valence-electron chi connectivity index (χ4n) is 4.71. The summed E-state index contributed by atoms with van der Waals surface area (Å²) >= 11 is 15.9. The molecule has 4 aromatic carbocycles. The molecule has 4 rings (SSSR count). The van der Waals surface area contributed by atoms with Crippen molar-refractivity contribution in [1.29, 1.82) is 0 Å². The quantitative estimate of drug-likeness (QED) is 0.155. The highest BCUT2D eigenvalue weighted by Crippen LogP contribution is 2.31. The first-order valence-corrected chi connectivity index (χ1v) is 17.4. The Kier molecular flexibility index (Phi) is 12.1. The van der Waals surface area contributed by atoms with E-state index >= 15 is 0 Å². The Labute approximate surface area is 283 Å². The Morgan fingerprint density at radius 1 is 0.867 bits per heavy atom. The molecule has 45 heavy (non-hydrogen) atoms. The van der Waals surface area contributed by atoms with E-state index in [0.29, 0.717) is 13.0 Å². The second-order valence-corrected chi connectivity index (χ2v) is 14.2. The van der Waals surface area contributed by atoms with E-state index in [-0.39, 0.29) is 39.5 Å². The van der Waals surface area contributed by atoms with Crippen molar-refractivity contribution >= 4 is 66.7 Å². The lowest BCUT2D eigenvalue weighted by molar-refractivity contribution is -0.140. The zero-order valence-corrected chi connectivity index (χ0v) is 28.8. The standard InChI is InChI=1S/C34H34BrCl2N3O4S/c1-3-19-38-34(42)32(20-25-7-5-4-6-8-25)39(22-26-11-13-27(35)14-12-26)33(41)23-40(28-15-18-30(36)31(37)21-28)45(43,44)29-16-9-24(2)10-17-29/h4-18,21,32H,3,19-20,22-23H2,1-2H3,(H,38,42)/t32-/m0/s1. The molecule has 0 aliphatic rings. The van der Waals surface area contributed by atoms with Crippen LogP contribution in [0.4, 0.5) is 5.69 Å². The first kappa shape index (κ1) is 34.5. The molecule has 1 atom stereocenters. The van der Waals surface area contributed by atoms with E-state index in [0.717, 1.165) is 25.5 Å². The number of aryl methyl sites for hydroxylation is 1. The molecule has 0 saturated carbocycles. The minimum Gasteiger partial charge on any atom is -0.354 e. The van der Waals surface area contributed by atoms with E-state index in [2.05, 4.69) is 21.2 Å². The molecule has 0 unspecified atom stereocenters. The SMILES string of the molecule is CCCNC(=O)[C@H](Cc1ccccc1)N(Cc1ccc(Br)cc1)C(=O)CN(c1ccc(Cl)c(Cl)c1)S(=O)(=O)c1ccc(C)cc1. The van der Waals surface area contributed by atoms with Crippen molar-refractivity contribution in [3.8, 4) is 0 Å². The first-order chi connectivity index (χ1) is 21.5. The second-order valence-electron chi connectivity index (χ2n) is 10.6. The number of benzene rings is 4. The van der Waals surface area contributed by atoms with Crippen LogP contribution in [-0.4, -0.2) is 44.3 Å². The summed E-state index contributed by atoms with van der Waals surface area (Å²) in [5, 5.41) is 3.32. The summed E-state index contributed by atoms with van der Waals surface area (Å²) in [4.78, 5) is 29.6. The van der Waals surface area contributed by atoms with Gasteiger partial charge < -0.3 is 10.2 Å². The first-order valence-electron chi connectivity index (χ1n) is 14.4. The summed E-state index contributed by atoms with van der Waals surface area (Å²) in [6, 6.07) is 26.7. The van der Waals surface area contributed by atoms with Gasteiger partial charge in [0.15, 0.2) is 0 Å². The van der Waals surface area contributed by atoms with Crippen LogP contribution in [-0.2, 0) is 32.6 Å². The molecule has 0 fully saturated rings. The number of rotatable bonds is 13. The van der Waals surface area contributed by atoms with Crippen molar-refractivity contribution in [3.05, 3.63) is 128 Å². The van der Waals surface area contributed by atoms with Crippen LogP contribution in [0.2, 0.25) is 10.0 Å². The predicted octanol–water partition coefficient (Wildman–Crippen LogP) is 7.43. The van der Waals surface area contributed by atoms with Crippen LogP contribution in [0.1, 0.15) is 30.0 Å². The highest BCUT2D eigenvalue weighted by atomic mass is 79.9. The molecule has 4 aromatic rings. The minimum atomic E-state index is -4.25. The van der Waals surface area contributed by atoms with Crippen molar-refractivity contribution in [2.75, 3.05) is 17.4 Å². The largest absolute Gasteiger partial charge is 0.354 e. The molecular weight excluding hydrogens is 697 g/mol. The Balaban J connectivity index is 1.81. The van der Waals surface area contributed by atoms with E-state index in [9.17, 15) is 18.0 Å². The smallest absolute Gasteiger partial charge is 0.264 e. The Morgan fingerprint density at radius 3 is 2.16 bits per heavy atom. The summed E-state index contributed by atoms with van der Waals surface area (Å²) in [6.45, 7) is 3.72. The Bertz CT molecular complexity index is 1720. The lowest BCUT2D eigenvalue weighted by Crippen LogP contribution is -2.53. The zero-order chi connectivity index (χ0) is 32.6. The molecule has 0 bridgehead atoms. The van der Waals surface area contributed by atoms with Gasteiger partial charge in [0.25, 0.3) is 10.0 Å². The maximum atomic E-state index is 14.5. The van der Waals surface area contributed by atoms with Crippen molar-refractivity contribution in [3.63, 3.8) is 0 Å². The van der Waals surface area contributed by atoms with Crippen LogP contribution in [0.5, 0.6) is 0 Å². The fraction of sp³-hybridized carbons (Fsp3) is 0.235. The van der Waals surface area contributed by atoms with Gasteiger partial charge in [0.2, 0.25) is 11.8 Å². The number of hydrogen-bond donors (Lipinski definition) is 1. The van der Waals surface area contributed by atoms with Crippen LogP contribution in [0, 0.1) is 6.92 Å². The lowest BCUT2D eigenvalue weighted by Gasteiger charge is -2.34. The fourth-order valence-corrected chi connectivity index (χ4v) is 6.68. The average molecular weight is 732 g/mol. The third-order valence-corrected chi connectivity index (χ3v) is 10.2. The molecule has 236 valence electrons. The molecule has 0 aromatic heterocycles. The van der Waals surface area contributed by atoms with Crippen molar-refractivity contribution in [1.82, 2.24) is 10.2 Å². The number of nitrogens with one attached hydrogen (secondary N) is 1. The topological polar surface area (TPSA) is 86.8 Å². The van der Waals surface area contributed by atoms with E-state index in [1.54, 1.807) is 12.1 Å². The molecule has 0 aliphatic carbocycles. The summed E-state index contributed by atoms with van der Waals surface area (Å²) in [5.41, 5.74) is 2.68. The number of amides is 2. The van der Waals surface area contributed by atoms with Crippen LogP contribution in [0.25, 0.3) is 0 Å². The van der Waals surface area contributed by atoms with Crippen LogP contribution < -0.4 is 9.62 Å². The summed E-state index contributed by atoms with van der Waals surface area (Å²) in [6.07, 6.45) is 0.945. The maximum absolute atomic E-state index is 14.5. The molecule has 11 heteroatoms. The second kappa shape index (κ2) is 15.8. The monoisotopic (exact) mass is 729 g/mol. The van der Waals surface area contributed by atoms with Gasteiger partial charge in [-0.05, 0) is 66.9 Å². The summed E-state index contributed by atoms with van der Waals surface area (Å²) < 4.78 is 30.1. The highest BCUT2D eigenvalue weighted by molar-refractivity contribution is 9.10. The summed E-state index contributed by atoms with van der Waals surface area (Å²) in [5.74, 6) is -0.888. The van der Waals surface area contributed by atoms with E-state index < -0.39 is 28.5 Å². The average Bonchev–Trinajstić information content (AvgIpc) is 3.03. The van der Waals surface area contributed by atoms with Gasteiger partial charge in [-0.1, -0.05) is 106 Å². The summed E-state index contributed by atoms with van der Waals surface area (Å²) in [7, 11) is -4.25. The van der Waals surface area contributed by atoms with Crippen molar-refractivity contribution in [2.24, 2.45) is 0 Å². The highest BCUT2D eigenvalue weighted by Gasteiger charge is 2.34. The van der Waals surface area contributed by atoms with Crippen LogP contribution in [0.3, 0.4) is 0 Å². The minimum absolute atomic E-state index is 0.00737. The molecule has 2 amide bonds. The van der Waals surface area contributed by atoms with Gasteiger partial charge in [-0.15, -0.1) is 0 Å². The number of hydrogen-bond acceptors (Lipinski definition) is 4. The number of anilines is 1. The third kappa shape index (κ3) is 9.10. The molecule has 1 N–H and O–H groups in total. The Morgan fingerprint density at radius 2 is 1.53 bits per heavy atom. The third-order valence-electron chi connectivity index (χ3n) is 7.17. The normalized spacial score (nSPS) is 11.9. The Hall–Kier alpha value is -3.37. The van der Waals surface area contributed by atoms with Crippen LogP contribution in [0.15, 0.2) is 106 Å². The van der Waals surface area contributed by atoms with E-state index in [4.69, 9.17) is 23.2 Å². The molecule has 0 aliphatic heterocycles. The van der Waals surface area contributed by atoms with Gasteiger partial charge in [0, 0.05) is 24.0 Å². The van der Waals surface area contributed by atoms with Crippen LogP contribution >= 0.6 is 39.1 Å². The van der Waals surface area contributed by atoms with E-state index in [1.807, 2.05) is 68.4 Å². The number of sulfonamides is 1. The number of carbonyl (C=O) groups excluding carboxylic acids is 2. The molecule has 7 nitrogen and oxygen atoms in total. The molecule has 0 heterocycles. The van der Waals surface area contributed by atoms with Gasteiger partial charge >= 0.3 is 0 Å². The lowest BCUT2D eigenvalue weighted by atomic mass is 10.0. The van der Waals surface area contributed by atoms with Crippen molar-refractivity contribution < 1.29 is 18.0 Å². The predicted molar refractivity (Wildman–Crippen MR) is 184 cm³/mol. The van der Waals surface area contributed by atoms with Gasteiger partial charge in [-0.25, -0.2) is 8.42 Å². The molecule has 0 radical (unpaired) electrons. The van der Waals surface area contributed by atoms with E-state index in [1.165, 1.54) is 35.2 Å². The van der Waals surface area contributed by atoms with Gasteiger partial charge in [-0.3, -0.25) is 13.9 Å². The van der Waals surface area contributed by atoms with Gasteiger partial charge in [-0.2, -0.15) is 0 Å². The number of nitrogens with zero attached hydrogens (tertiary/aromatic N) is 2. The molecule has 0 saturated heterocycles. The zero-order valence-electron chi connectivity index (χ0n) is 24.9. The molecular formula is C34H34BrCl2N3O4S. The number of carbonyl (C=O) groups is 2. The van der Waals surface area contributed by atoms with Gasteiger partial charge in [0.1, 0.15) is 12.6 Å². The van der Waals surface area contributed by atoms with Crippen molar-refractivity contribution in [2.45, 2.75) is 44.2 Å².